The van der Waals surface area contributed by atoms with Crippen LogP contribution in [-0.4, -0.2) is 117 Å². The van der Waals surface area contributed by atoms with Crippen LogP contribution in [-0.2, 0) is 28.8 Å². The van der Waals surface area contributed by atoms with Crippen molar-refractivity contribution >= 4 is 35.8 Å². The fourth-order valence-corrected chi connectivity index (χ4v) is 4.66. The third-order valence-electron chi connectivity index (χ3n) is 7.09. The zero-order valence-electron chi connectivity index (χ0n) is 24.3. The molecular formula is C28H34N6O10. The molecule has 1 aromatic carbocycles. The van der Waals surface area contributed by atoms with Crippen LogP contribution in [0.15, 0.2) is 36.4 Å². The molecule has 2 atom stereocenters. The lowest BCUT2D eigenvalue weighted by molar-refractivity contribution is -0.160. The predicted octanol–water partition coefficient (Wildman–Crippen LogP) is 0.452. The lowest BCUT2D eigenvalue weighted by atomic mass is 10.00. The zero-order chi connectivity index (χ0) is 31.8. The van der Waals surface area contributed by atoms with Crippen LogP contribution in [0.2, 0.25) is 0 Å². The quantitative estimate of drug-likeness (QED) is 0.333. The van der Waals surface area contributed by atoms with E-state index in [2.05, 4.69) is 10.4 Å². The standard InChI is InChI=1S/C28H34N6O10/c1-3-42-28(41)44-32-14-12-31(13-15-32)26(38)24(18(2)27(39)40)29-25(37)20-16-23(34(30-20)19-8-5-4-6-9-19)43-17-22(36)33-11-7-10-21(33)35/h4-6,8-9,16,18,24H,3,7,10-15,17H2,1-2H3,(H,29,37)(H,39,40)/t18?,24-/m0/s1. The Hall–Kier alpha value is -4.99. The first-order valence-electron chi connectivity index (χ1n) is 14.1. The van der Waals surface area contributed by atoms with E-state index >= 15 is 0 Å². The third kappa shape index (κ3) is 7.69. The topological polar surface area (TPSA) is 190 Å². The van der Waals surface area contributed by atoms with Gasteiger partial charge in [-0.1, -0.05) is 18.2 Å². The van der Waals surface area contributed by atoms with E-state index in [0.717, 1.165) is 4.90 Å². The summed E-state index contributed by atoms with van der Waals surface area (Å²) in [5, 5.41) is 17.8. The van der Waals surface area contributed by atoms with E-state index in [1.807, 2.05) is 0 Å². The number of nitrogens with one attached hydrogen (secondary N) is 1. The highest BCUT2D eigenvalue weighted by Gasteiger charge is 2.37. The van der Waals surface area contributed by atoms with Crippen molar-refractivity contribution in [3.63, 3.8) is 0 Å². The Kier molecular flexibility index (Phi) is 10.5. The minimum Gasteiger partial charge on any atom is -0.481 e. The van der Waals surface area contributed by atoms with Crippen molar-refractivity contribution in [3.8, 4) is 11.6 Å². The zero-order valence-corrected chi connectivity index (χ0v) is 24.3. The first-order valence-corrected chi connectivity index (χ1v) is 14.1. The number of carbonyl (C=O) groups is 6. The summed E-state index contributed by atoms with van der Waals surface area (Å²) < 4.78 is 11.7. The molecule has 16 nitrogen and oxygen atoms in total. The Morgan fingerprint density at radius 2 is 1.75 bits per heavy atom. The molecule has 4 amide bonds. The van der Waals surface area contributed by atoms with Crippen LogP contribution >= 0.6 is 0 Å². The predicted molar refractivity (Wildman–Crippen MR) is 149 cm³/mol. The van der Waals surface area contributed by atoms with E-state index in [4.69, 9.17) is 14.3 Å². The Bertz CT molecular complexity index is 1390. The maximum absolute atomic E-state index is 13.4. The van der Waals surface area contributed by atoms with Gasteiger partial charge < -0.3 is 29.6 Å². The first kappa shape index (κ1) is 31.9. The van der Waals surface area contributed by atoms with Gasteiger partial charge in [-0.05, 0) is 32.4 Å². The van der Waals surface area contributed by atoms with Crippen molar-refractivity contribution < 1.29 is 48.2 Å². The molecule has 0 aliphatic carbocycles. The lowest BCUT2D eigenvalue weighted by Gasteiger charge is -2.35. The number of hydroxylamine groups is 2. The van der Waals surface area contributed by atoms with Crippen molar-refractivity contribution in [1.82, 2.24) is 30.0 Å². The Balaban J connectivity index is 1.49. The molecule has 0 bridgehead atoms. The number of aromatic nitrogens is 2. The van der Waals surface area contributed by atoms with Gasteiger partial charge in [-0.15, -0.1) is 5.06 Å². The second-order valence-electron chi connectivity index (χ2n) is 10.1. The molecular weight excluding hydrogens is 580 g/mol. The highest BCUT2D eigenvalue weighted by atomic mass is 16.8. The van der Waals surface area contributed by atoms with Crippen LogP contribution in [0, 0.1) is 5.92 Å². The lowest BCUT2D eigenvalue weighted by Crippen LogP contribution is -2.57. The molecule has 3 heterocycles. The van der Waals surface area contributed by atoms with Gasteiger partial charge >= 0.3 is 12.1 Å². The van der Waals surface area contributed by atoms with E-state index in [9.17, 15) is 33.9 Å². The summed E-state index contributed by atoms with van der Waals surface area (Å²) in [5.41, 5.74) is 0.303. The number of imide groups is 1. The monoisotopic (exact) mass is 614 g/mol. The number of carboxylic acids is 1. The van der Waals surface area contributed by atoms with Crippen LogP contribution in [0.25, 0.3) is 5.69 Å². The molecule has 44 heavy (non-hydrogen) atoms. The van der Waals surface area contributed by atoms with Crippen molar-refractivity contribution in [3.05, 3.63) is 42.1 Å². The van der Waals surface area contributed by atoms with Crippen LogP contribution in [0.4, 0.5) is 4.79 Å². The van der Waals surface area contributed by atoms with Crippen LogP contribution in [0.5, 0.6) is 5.88 Å². The molecule has 0 spiro atoms. The summed E-state index contributed by atoms with van der Waals surface area (Å²) in [6.07, 6.45) is -0.0178. The van der Waals surface area contributed by atoms with E-state index in [1.54, 1.807) is 37.3 Å². The van der Waals surface area contributed by atoms with Gasteiger partial charge in [0.05, 0.1) is 31.3 Å². The Morgan fingerprint density at radius 1 is 1.05 bits per heavy atom. The van der Waals surface area contributed by atoms with Gasteiger partial charge in [-0.2, -0.15) is 5.10 Å². The fraction of sp³-hybridized carbons (Fsp3) is 0.464. The number of nitrogens with zero attached hydrogens (tertiary/aromatic N) is 5. The maximum atomic E-state index is 13.4. The molecule has 0 saturated carbocycles. The number of carboxylic acid groups (broad SMARTS) is 1. The molecule has 2 fully saturated rings. The number of benzene rings is 1. The molecule has 2 saturated heterocycles. The number of rotatable bonds is 11. The third-order valence-corrected chi connectivity index (χ3v) is 7.09. The van der Waals surface area contributed by atoms with Crippen molar-refractivity contribution in [2.24, 2.45) is 5.92 Å². The van der Waals surface area contributed by atoms with Gasteiger partial charge in [0.25, 0.3) is 11.8 Å². The van der Waals surface area contributed by atoms with E-state index in [-0.39, 0.29) is 56.7 Å². The van der Waals surface area contributed by atoms with Crippen molar-refractivity contribution in [1.29, 1.82) is 0 Å². The number of carbonyl (C=O) groups excluding carboxylic acids is 5. The van der Waals surface area contributed by atoms with E-state index < -0.39 is 48.4 Å². The first-order chi connectivity index (χ1) is 21.1. The Morgan fingerprint density at radius 3 is 2.36 bits per heavy atom. The molecule has 2 aromatic rings. The molecule has 236 valence electrons. The van der Waals surface area contributed by atoms with Crippen molar-refractivity contribution in [2.75, 3.05) is 45.9 Å². The number of ether oxygens (including phenoxy) is 2. The van der Waals surface area contributed by atoms with Crippen LogP contribution in [0.3, 0.4) is 0 Å². The highest BCUT2D eigenvalue weighted by molar-refractivity contribution is 5.98. The second kappa shape index (κ2) is 14.5. The molecule has 1 aromatic heterocycles. The normalized spacial score (nSPS) is 16.6. The molecule has 2 aliphatic rings. The molecule has 0 radical (unpaired) electrons. The number of piperazine rings is 1. The van der Waals surface area contributed by atoms with Gasteiger partial charge in [-0.25, -0.2) is 9.48 Å². The van der Waals surface area contributed by atoms with Gasteiger partial charge in [0, 0.05) is 32.1 Å². The number of hydrogen-bond donors (Lipinski definition) is 2. The summed E-state index contributed by atoms with van der Waals surface area (Å²) in [5.74, 6) is -4.89. The average molecular weight is 615 g/mol. The van der Waals surface area contributed by atoms with Crippen LogP contribution < -0.4 is 10.1 Å². The number of amides is 4. The average Bonchev–Trinajstić information content (AvgIpc) is 3.65. The van der Waals surface area contributed by atoms with Gasteiger partial charge in [0.15, 0.2) is 12.3 Å². The van der Waals surface area contributed by atoms with E-state index in [1.165, 1.54) is 27.6 Å². The summed E-state index contributed by atoms with van der Waals surface area (Å²) in [6.45, 7) is 3.40. The fourth-order valence-electron chi connectivity index (χ4n) is 4.66. The molecule has 2 N–H and O–H groups in total. The minimum absolute atomic E-state index is 0.0215. The summed E-state index contributed by atoms with van der Waals surface area (Å²) in [6, 6.07) is 8.43. The maximum Gasteiger partial charge on any atom is 0.527 e. The number of likely N-dealkylation sites (tertiary alicyclic amines) is 1. The molecule has 4 rings (SSSR count). The minimum atomic E-state index is -1.45. The Labute approximate surface area is 252 Å². The van der Waals surface area contributed by atoms with Gasteiger partial charge in [0.2, 0.25) is 17.7 Å². The number of aliphatic carboxylic acids is 1. The highest BCUT2D eigenvalue weighted by Crippen LogP contribution is 2.21. The number of hydrogen-bond acceptors (Lipinski definition) is 11. The van der Waals surface area contributed by atoms with Crippen LogP contribution in [0.1, 0.15) is 37.2 Å². The SMILES string of the molecule is CCOC(=O)ON1CCN(C(=O)[C@@H](NC(=O)c2cc(OCC(=O)N3CCCC3=O)n(-c3ccccc3)n2)C(C)C(=O)O)CC1. The van der Waals surface area contributed by atoms with Gasteiger partial charge in [0.1, 0.15) is 6.04 Å². The molecule has 2 aliphatic heterocycles. The van der Waals surface area contributed by atoms with Gasteiger partial charge in [-0.3, -0.25) is 28.9 Å². The summed E-state index contributed by atoms with van der Waals surface area (Å²) in [4.78, 5) is 82.4. The molecule has 16 heteroatoms. The largest absolute Gasteiger partial charge is 0.527 e. The van der Waals surface area contributed by atoms with Crippen molar-refractivity contribution in [2.45, 2.75) is 32.7 Å². The van der Waals surface area contributed by atoms with E-state index in [0.29, 0.717) is 18.7 Å². The number of para-hydroxylation sites is 1. The smallest absolute Gasteiger partial charge is 0.481 e. The molecule has 1 unspecified atom stereocenters. The second-order valence-corrected chi connectivity index (χ2v) is 10.1. The summed E-state index contributed by atoms with van der Waals surface area (Å²) in [7, 11) is 0. The summed E-state index contributed by atoms with van der Waals surface area (Å²) >= 11 is 0.